The molecule has 3 N–H and O–H groups in total. The van der Waals surface area contributed by atoms with Crippen LogP contribution in [0.3, 0.4) is 0 Å². The van der Waals surface area contributed by atoms with Crippen molar-refractivity contribution >= 4 is 22.1 Å². The summed E-state index contributed by atoms with van der Waals surface area (Å²) in [7, 11) is 0. The van der Waals surface area contributed by atoms with Gasteiger partial charge < -0.3 is 11.1 Å². The Kier molecular flexibility index (Phi) is 2.00. The average Bonchev–Trinajstić information content (AvgIpc) is 2.86. The first-order valence-corrected chi connectivity index (χ1v) is 7.71. The van der Waals surface area contributed by atoms with E-state index in [0.717, 1.165) is 34.7 Å². The van der Waals surface area contributed by atoms with E-state index >= 15 is 0 Å². The van der Waals surface area contributed by atoms with Crippen LogP contribution >= 0.6 is 0 Å². The molecule has 0 saturated heterocycles. The highest BCUT2D eigenvalue weighted by molar-refractivity contribution is 6.00. The van der Waals surface area contributed by atoms with Gasteiger partial charge in [-0.25, -0.2) is 0 Å². The lowest BCUT2D eigenvalue weighted by Gasteiger charge is -2.14. The molecule has 1 heterocycles. The van der Waals surface area contributed by atoms with Crippen molar-refractivity contribution in [2.75, 3.05) is 11.1 Å². The maximum absolute atomic E-state index is 6.05. The molecule has 2 bridgehead atoms. The van der Waals surface area contributed by atoms with Crippen LogP contribution in [0, 0.1) is 23.7 Å². The molecule has 3 nitrogen and oxygen atoms in total. The highest BCUT2D eigenvalue weighted by Gasteiger charge is 2.65. The smallest absolute Gasteiger partial charge is 0.0424 e. The number of nitrogen functional groups attached to an aromatic ring is 1. The molecule has 102 valence electrons. The highest BCUT2D eigenvalue weighted by Crippen LogP contribution is 2.66. The number of benzene rings is 1. The molecule has 3 heteroatoms. The minimum absolute atomic E-state index is 0.709. The third-order valence-corrected chi connectivity index (χ3v) is 5.91. The molecular weight excluding hydrogens is 246 g/mol. The van der Waals surface area contributed by atoms with Crippen molar-refractivity contribution in [2.45, 2.75) is 25.3 Å². The van der Waals surface area contributed by atoms with E-state index in [2.05, 4.69) is 22.4 Å². The monoisotopic (exact) mass is 265 g/mol. The quantitative estimate of drug-likeness (QED) is 0.819. The van der Waals surface area contributed by atoms with Crippen LogP contribution in [0.15, 0.2) is 30.6 Å². The summed E-state index contributed by atoms with van der Waals surface area (Å²) in [6.07, 6.45) is 8.16. The van der Waals surface area contributed by atoms with Crippen LogP contribution in [0.4, 0.5) is 11.4 Å². The first-order valence-electron chi connectivity index (χ1n) is 7.71. The van der Waals surface area contributed by atoms with Gasteiger partial charge in [-0.15, -0.1) is 0 Å². The maximum atomic E-state index is 6.05. The van der Waals surface area contributed by atoms with Gasteiger partial charge in [0.05, 0.1) is 0 Å². The van der Waals surface area contributed by atoms with E-state index in [1.54, 1.807) is 0 Å². The van der Waals surface area contributed by atoms with Crippen molar-refractivity contribution in [2.24, 2.45) is 23.7 Å². The van der Waals surface area contributed by atoms with Crippen LogP contribution in [0.25, 0.3) is 10.8 Å². The van der Waals surface area contributed by atoms with Crippen LogP contribution in [-0.4, -0.2) is 11.0 Å². The molecule has 1 aromatic heterocycles. The molecule has 4 unspecified atom stereocenters. The fourth-order valence-electron chi connectivity index (χ4n) is 5.04. The van der Waals surface area contributed by atoms with Crippen LogP contribution in [-0.2, 0) is 0 Å². The molecule has 2 aromatic rings. The predicted octanol–water partition coefficient (Wildman–Crippen LogP) is 3.27. The summed E-state index contributed by atoms with van der Waals surface area (Å²) in [6, 6.07) is 6.91. The predicted molar refractivity (Wildman–Crippen MR) is 81.4 cm³/mol. The molecule has 20 heavy (non-hydrogen) atoms. The van der Waals surface area contributed by atoms with Crippen LogP contribution < -0.4 is 11.1 Å². The van der Waals surface area contributed by atoms with E-state index in [9.17, 15) is 0 Å². The summed E-state index contributed by atoms with van der Waals surface area (Å²) < 4.78 is 0. The number of hydrogen-bond acceptors (Lipinski definition) is 3. The lowest BCUT2D eigenvalue weighted by atomic mass is 10.0. The Bertz CT molecular complexity index is 680. The van der Waals surface area contributed by atoms with Gasteiger partial charge in [-0.3, -0.25) is 4.98 Å². The van der Waals surface area contributed by atoms with E-state index in [1.807, 2.05) is 18.5 Å². The second kappa shape index (κ2) is 3.66. The third kappa shape index (κ3) is 1.33. The summed E-state index contributed by atoms with van der Waals surface area (Å²) in [6.45, 7) is 0. The lowest BCUT2D eigenvalue weighted by Crippen LogP contribution is -2.13. The molecule has 0 radical (unpaired) electrons. The number of nitrogens with one attached hydrogen (secondary N) is 1. The zero-order valence-electron chi connectivity index (χ0n) is 11.4. The van der Waals surface area contributed by atoms with E-state index in [1.165, 1.54) is 30.3 Å². The first kappa shape index (κ1) is 11.0. The van der Waals surface area contributed by atoms with Gasteiger partial charge in [0.2, 0.25) is 0 Å². The standard InChI is InChI=1S/C17H19N3/c18-13-3-4-14(11-5-6-19-8-12(11)13)20-17-15-9-1-2-10(7-9)16(15)17/h3-6,8-10,15-17,20H,1-2,7,18H2. The van der Waals surface area contributed by atoms with Gasteiger partial charge in [0.25, 0.3) is 0 Å². The topological polar surface area (TPSA) is 50.9 Å². The van der Waals surface area contributed by atoms with E-state index in [0.29, 0.717) is 6.04 Å². The van der Waals surface area contributed by atoms with Gasteiger partial charge in [0.1, 0.15) is 0 Å². The average molecular weight is 265 g/mol. The van der Waals surface area contributed by atoms with E-state index in [-0.39, 0.29) is 0 Å². The first-order chi connectivity index (χ1) is 9.83. The summed E-state index contributed by atoms with van der Waals surface area (Å²) >= 11 is 0. The van der Waals surface area contributed by atoms with Crippen molar-refractivity contribution in [3.8, 4) is 0 Å². The number of rotatable bonds is 2. The summed E-state index contributed by atoms with van der Waals surface area (Å²) in [4.78, 5) is 4.19. The molecule has 5 rings (SSSR count). The number of anilines is 2. The number of hydrogen-bond donors (Lipinski definition) is 2. The van der Waals surface area contributed by atoms with Gasteiger partial charge >= 0.3 is 0 Å². The Balaban J connectivity index is 1.50. The number of nitrogens with two attached hydrogens (primary N) is 1. The number of nitrogens with zero attached hydrogens (tertiary/aromatic N) is 1. The summed E-state index contributed by atoms with van der Waals surface area (Å²) in [5, 5.41) is 6.07. The fourth-order valence-corrected chi connectivity index (χ4v) is 5.04. The second-order valence-electron chi connectivity index (χ2n) is 6.78. The number of aromatic nitrogens is 1. The van der Waals surface area contributed by atoms with Gasteiger partial charge in [-0.2, -0.15) is 0 Å². The minimum Gasteiger partial charge on any atom is -0.398 e. The Morgan fingerprint density at radius 3 is 2.65 bits per heavy atom. The largest absolute Gasteiger partial charge is 0.398 e. The minimum atomic E-state index is 0.709. The summed E-state index contributed by atoms with van der Waals surface area (Å²) in [5.41, 5.74) is 8.10. The van der Waals surface area contributed by atoms with Crippen LogP contribution in [0.1, 0.15) is 19.3 Å². The Hall–Kier alpha value is -1.77. The molecule has 3 fully saturated rings. The van der Waals surface area contributed by atoms with Crippen molar-refractivity contribution in [1.29, 1.82) is 0 Å². The Morgan fingerprint density at radius 2 is 1.85 bits per heavy atom. The van der Waals surface area contributed by atoms with Crippen molar-refractivity contribution in [3.05, 3.63) is 30.6 Å². The molecule has 1 aromatic carbocycles. The number of pyridine rings is 1. The van der Waals surface area contributed by atoms with Crippen molar-refractivity contribution in [1.82, 2.24) is 4.98 Å². The maximum Gasteiger partial charge on any atom is 0.0424 e. The molecule has 4 atom stereocenters. The van der Waals surface area contributed by atoms with Gasteiger partial charge in [0.15, 0.2) is 0 Å². The zero-order valence-corrected chi connectivity index (χ0v) is 11.4. The molecule has 0 spiro atoms. The van der Waals surface area contributed by atoms with E-state index in [4.69, 9.17) is 5.73 Å². The van der Waals surface area contributed by atoms with Gasteiger partial charge in [0, 0.05) is 40.6 Å². The lowest BCUT2D eigenvalue weighted by molar-refractivity contribution is 0.456. The molecular formula is C17H19N3. The van der Waals surface area contributed by atoms with Crippen molar-refractivity contribution in [3.63, 3.8) is 0 Å². The van der Waals surface area contributed by atoms with Crippen LogP contribution in [0.2, 0.25) is 0 Å². The molecule has 0 aliphatic heterocycles. The molecule has 3 saturated carbocycles. The van der Waals surface area contributed by atoms with Gasteiger partial charge in [-0.05, 0) is 61.1 Å². The molecule has 3 aliphatic carbocycles. The fraction of sp³-hybridized carbons (Fsp3) is 0.471. The summed E-state index contributed by atoms with van der Waals surface area (Å²) in [5.74, 6) is 3.90. The molecule has 3 aliphatic rings. The second-order valence-corrected chi connectivity index (χ2v) is 6.78. The Morgan fingerprint density at radius 1 is 1.05 bits per heavy atom. The normalized spacial score (nSPS) is 37.1. The molecule has 0 amide bonds. The van der Waals surface area contributed by atoms with Crippen LogP contribution in [0.5, 0.6) is 0 Å². The third-order valence-electron chi connectivity index (χ3n) is 5.91. The van der Waals surface area contributed by atoms with Gasteiger partial charge in [-0.1, -0.05) is 0 Å². The SMILES string of the molecule is Nc1ccc(NC2C3C4CCC(C4)C23)c2ccncc12. The Labute approximate surface area is 118 Å². The van der Waals surface area contributed by atoms with Crippen molar-refractivity contribution < 1.29 is 0 Å². The van der Waals surface area contributed by atoms with E-state index < -0.39 is 0 Å². The zero-order chi connectivity index (χ0) is 13.3. The highest BCUT2D eigenvalue weighted by atomic mass is 15.0. The number of fused-ring (bicyclic) bond motifs is 6.